The van der Waals surface area contributed by atoms with Gasteiger partial charge in [0.2, 0.25) is 11.8 Å². The number of hydrogen-bond donors (Lipinski definition) is 2. The maximum Gasteiger partial charge on any atom is 0.245 e. The van der Waals surface area contributed by atoms with Gasteiger partial charge in [-0.15, -0.1) is 0 Å². The summed E-state index contributed by atoms with van der Waals surface area (Å²) >= 11 is 6.07. The van der Waals surface area contributed by atoms with Crippen LogP contribution < -0.4 is 5.32 Å². The number of fused-ring (bicyclic) bond motifs is 1. The molecular weight excluding hydrogens is 354 g/mol. The SMILES string of the molecule is C=CC(=O)N1CC2CN(C(=O)CNc3cc(CC)c(Cl)cc3O)CC2C1. The van der Waals surface area contributed by atoms with Gasteiger partial charge in [-0.05, 0) is 24.1 Å². The first-order valence-corrected chi connectivity index (χ1v) is 9.25. The van der Waals surface area contributed by atoms with Crippen LogP contribution in [-0.4, -0.2) is 59.4 Å². The Balaban J connectivity index is 1.55. The number of benzene rings is 1. The van der Waals surface area contributed by atoms with Crippen LogP contribution in [0.3, 0.4) is 0 Å². The van der Waals surface area contributed by atoms with E-state index < -0.39 is 0 Å². The van der Waals surface area contributed by atoms with E-state index in [0.717, 1.165) is 12.0 Å². The zero-order valence-corrected chi connectivity index (χ0v) is 15.6. The highest BCUT2D eigenvalue weighted by molar-refractivity contribution is 6.31. The van der Waals surface area contributed by atoms with Crippen LogP contribution in [0.15, 0.2) is 24.8 Å². The lowest BCUT2D eigenvalue weighted by Gasteiger charge is -2.21. The number of carbonyl (C=O) groups is 2. The summed E-state index contributed by atoms with van der Waals surface area (Å²) in [5.41, 5.74) is 1.43. The van der Waals surface area contributed by atoms with E-state index in [9.17, 15) is 14.7 Å². The van der Waals surface area contributed by atoms with Gasteiger partial charge in [0.05, 0.1) is 12.2 Å². The van der Waals surface area contributed by atoms with Gasteiger partial charge in [0.25, 0.3) is 0 Å². The van der Waals surface area contributed by atoms with Crippen molar-refractivity contribution in [2.24, 2.45) is 11.8 Å². The van der Waals surface area contributed by atoms with E-state index >= 15 is 0 Å². The van der Waals surface area contributed by atoms with Crippen LogP contribution in [0.25, 0.3) is 0 Å². The van der Waals surface area contributed by atoms with E-state index in [1.165, 1.54) is 12.1 Å². The fraction of sp³-hybridized carbons (Fsp3) is 0.474. The minimum atomic E-state index is -0.0381. The minimum Gasteiger partial charge on any atom is -0.506 e. The largest absolute Gasteiger partial charge is 0.506 e. The molecule has 2 fully saturated rings. The molecule has 3 rings (SSSR count). The van der Waals surface area contributed by atoms with Gasteiger partial charge in [-0.3, -0.25) is 9.59 Å². The van der Waals surface area contributed by atoms with E-state index in [1.807, 2.05) is 11.8 Å². The molecule has 0 radical (unpaired) electrons. The fourth-order valence-corrected chi connectivity index (χ4v) is 4.10. The fourth-order valence-electron chi connectivity index (χ4n) is 3.81. The Hall–Kier alpha value is -2.21. The maximum atomic E-state index is 12.5. The van der Waals surface area contributed by atoms with Crippen molar-refractivity contribution in [3.63, 3.8) is 0 Å². The molecule has 2 aliphatic rings. The second-order valence-corrected chi connectivity index (χ2v) is 7.34. The van der Waals surface area contributed by atoms with Gasteiger partial charge in [0, 0.05) is 49.1 Å². The average Bonchev–Trinajstić information content (AvgIpc) is 3.19. The number of carbonyl (C=O) groups excluding carboxylic acids is 2. The highest BCUT2D eigenvalue weighted by Gasteiger charge is 2.42. The third-order valence-corrected chi connectivity index (χ3v) is 5.65. The van der Waals surface area contributed by atoms with Crippen molar-refractivity contribution in [2.45, 2.75) is 13.3 Å². The summed E-state index contributed by atoms with van der Waals surface area (Å²) in [5, 5.41) is 13.5. The van der Waals surface area contributed by atoms with Gasteiger partial charge in [-0.1, -0.05) is 25.1 Å². The van der Waals surface area contributed by atoms with E-state index in [-0.39, 0.29) is 24.1 Å². The Kier molecular flexibility index (Phi) is 5.41. The molecule has 6 nitrogen and oxygen atoms in total. The summed E-state index contributed by atoms with van der Waals surface area (Å²) < 4.78 is 0. The van der Waals surface area contributed by atoms with Crippen LogP contribution >= 0.6 is 11.6 Å². The predicted octanol–water partition coefficient (Wildman–Crippen LogP) is 2.12. The lowest BCUT2D eigenvalue weighted by atomic mass is 10.0. The average molecular weight is 378 g/mol. The number of rotatable bonds is 5. The van der Waals surface area contributed by atoms with Gasteiger partial charge >= 0.3 is 0 Å². The molecule has 2 N–H and O–H groups in total. The molecule has 0 bridgehead atoms. The van der Waals surface area contributed by atoms with Crippen molar-refractivity contribution >= 4 is 29.1 Å². The number of anilines is 1. The van der Waals surface area contributed by atoms with E-state index in [2.05, 4.69) is 11.9 Å². The predicted molar refractivity (Wildman–Crippen MR) is 101 cm³/mol. The van der Waals surface area contributed by atoms with Gasteiger partial charge in [-0.2, -0.15) is 0 Å². The van der Waals surface area contributed by atoms with Crippen molar-refractivity contribution < 1.29 is 14.7 Å². The number of aryl methyl sites for hydroxylation is 1. The van der Waals surface area contributed by atoms with Crippen molar-refractivity contribution in [1.29, 1.82) is 0 Å². The topological polar surface area (TPSA) is 72.9 Å². The zero-order chi connectivity index (χ0) is 18.8. The number of amides is 2. The number of phenols is 1. The Morgan fingerprint density at radius 2 is 1.88 bits per heavy atom. The van der Waals surface area contributed by atoms with Crippen molar-refractivity contribution in [3.8, 4) is 5.75 Å². The normalized spacial score (nSPS) is 21.6. The Morgan fingerprint density at radius 3 is 2.46 bits per heavy atom. The Bertz CT molecular complexity index is 723. The van der Waals surface area contributed by atoms with Crippen molar-refractivity contribution in [3.05, 3.63) is 35.4 Å². The summed E-state index contributed by atoms with van der Waals surface area (Å²) in [4.78, 5) is 27.9. The monoisotopic (exact) mass is 377 g/mol. The molecule has 2 unspecified atom stereocenters. The first-order valence-electron chi connectivity index (χ1n) is 8.87. The molecule has 2 saturated heterocycles. The lowest BCUT2D eigenvalue weighted by molar-refractivity contribution is -0.128. The molecule has 2 heterocycles. The molecule has 1 aromatic carbocycles. The van der Waals surface area contributed by atoms with Crippen molar-refractivity contribution in [2.75, 3.05) is 38.0 Å². The number of hydrogen-bond acceptors (Lipinski definition) is 4. The molecule has 140 valence electrons. The van der Waals surface area contributed by atoms with Crippen LogP contribution in [0.5, 0.6) is 5.75 Å². The summed E-state index contributed by atoms with van der Waals surface area (Å²) in [6, 6.07) is 3.28. The minimum absolute atomic E-state index is 0.00612. The summed E-state index contributed by atoms with van der Waals surface area (Å²) in [6.45, 7) is 8.33. The number of likely N-dealkylation sites (tertiary alicyclic amines) is 2. The molecule has 7 heteroatoms. The van der Waals surface area contributed by atoms with Gasteiger partial charge in [-0.25, -0.2) is 0 Å². The number of nitrogens with zero attached hydrogens (tertiary/aromatic N) is 2. The van der Waals surface area contributed by atoms with Crippen LogP contribution in [0.2, 0.25) is 5.02 Å². The van der Waals surface area contributed by atoms with Crippen LogP contribution in [0, 0.1) is 11.8 Å². The number of halogens is 1. The number of phenolic OH excluding ortho intramolecular Hbond substituents is 1. The highest BCUT2D eigenvalue weighted by atomic mass is 35.5. The quantitative estimate of drug-likeness (QED) is 0.609. The van der Waals surface area contributed by atoms with Crippen LogP contribution in [0.4, 0.5) is 5.69 Å². The second kappa shape index (κ2) is 7.58. The maximum absolute atomic E-state index is 12.5. The van der Waals surface area contributed by atoms with Crippen LogP contribution in [0.1, 0.15) is 12.5 Å². The molecule has 2 aliphatic heterocycles. The second-order valence-electron chi connectivity index (χ2n) is 6.93. The lowest BCUT2D eigenvalue weighted by Crippen LogP contribution is -2.37. The molecular formula is C19H24ClN3O3. The first kappa shape index (κ1) is 18.6. The van der Waals surface area contributed by atoms with Gasteiger partial charge in [0.15, 0.2) is 0 Å². The molecule has 2 atom stereocenters. The molecule has 26 heavy (non-hydrogen) atoms. The van der Waals surface area contributed by atoms with E-state index in [0.29, 0.717) is 48.7 Å². The third kappa shape index (κ3) is 3.65. The van der Waals surface area contributed by atoms with Crippen molar-refractivity contribution in [1.82, 2.24) is 9.80 Å². The van der Waals surface area contributed by atoms with Crippen LogP contribution in [-0.2, 0) is 16.0 Å². The summed E-state index contributed by atoms with van der Waals surface area (Å²) in [6.07, 6.45) is 2.09. The summed E-state index contributed by atoms with van der Waals surface area (Å²) in [7, 11) is 0. The molecule has 0 saturated carbocycles. The van der Waals surface area contributed by atoms with E-state index in [4.69, 9.17) is 11.6 Å². The zero-order valence-electron chi connectivity index (χ0n) is 14.9. The number of aromatic hydroxyl groups is 1. The molecule has 0 aliphatic carbocycles. The third-order valence-electron chi connectivity index (χ3n) is 5.30. The molecule has 2 amide bonds. The molecule has 0 aromatic heterocycles. The Morgan fingerprint density at radius 1 is 1.27 bits per heavy atom. The smallest absolute Gasteiger partial charge is 0.245 e. The molecule has 0 spiro atoms. The summed E-state index contributed by atoms with van der Waals surface area (Å²) in [5.74, 6) is 0.658. The van der Waals surface area contributed by atoms with Gasteiger partial charge in [0.1, 0.15) is 5.75 Å². The number of nitrogens with one attached hydrogen (secondary N) is 1. The highest BCUT2D eigenvalue weighted by Crippen LogP contribution is 2.32. The molecule has 1 aromatic rings. The standard InChI is InChI=1S/C19H24ClN3O3/c1-3-12-5-16(17(24)6-15(12)20)21-7-19(26)23-10-13-8-22(18(25)4-2)9-14(13)11-23/h4-6,13-14,21,24H,2-3,7-11H2,1H3. The first-order chi connectivity index (χ1) is 12.4. The Labute approximate surface area is 158 Å². The van der Waals surface area contributed by atoms with E-state index in [1.54, 1.807) is 11.0 Å². The van der Waals surface area contributed by atoms with Gasteiger partial charge < -0.3 is 20.2 Å².